The second kappa shape index (κ2) is 12.6. The van der Waals surface area contributed by atoms with Gasteiger partial charge in [-0.15, -0.1) is 0 Å². The van der Waals surface area contributed by atoms with Gasteiger partial charge in [0, 0.05) is 33.3 Å². The van der Waals surface area contributed by atoms with Crippen LogP contribution in [0.4, 0.5) is 18.0 Å². The van der Waals surface area contributed by atoms with Crippen molar-refractivity contribution in [1.82, 2.24) is 9.80 Å². The number of hydrogen-bond acceptors (Lipinski definition) is 4. The van der Waals surface area contributed by atoms with Crippen molar-refractivity contribution in [3.63, 3.8) is 0 Å². The molecule has 0 spiro atoms. The predicted octanol–water partition coefficient (Wildman–Crippen LogP) is 6.81. The van der Waals surface area contributed by atoms with E-state index in [-0.39, 0.29) is 51.8 Å². The molecular weight excluding hydrogens is 567 g/mol. The summed E-state index contributed by atoms with van der Waals surface area (Å²) < 4.78 is 44.1. The van der Waals surface area contributed by atoms with Crippen LogP contribution in [-0.4, -0.2) is 60.3 Å². The minimum Gasteiger partial charge on any atom is -0.410 e. The summed E-state index contributed by atoms with van der Waals surface area (Å²) in [5.74, 6) is -1.14. The highest BCUT2D eigenvalue weighted by molar-refractivity contribution is 6.42. The number of ether oxygens (including phenoxy) is 1. The zero-order valence-corrected chi connectivity index (χ0v) is 22.2. The summed E-state index contributed by atoms with van der Waals surface area (Å²) in [7, 11) is 2.55. The Hall–Kier alpha value is -1.91. The highest BCUT2D eigenvalue weighted by Crippen LogP contribution is 2.38. The number of hydrogen-bond donors (Lipinski definition) is 1. The molecule has 2 aromatic rings. The van der Waals surface area contributed by atoms with E-state index in [1.54, 1.807) is 0 Å². The van der Waals surface area contributed by atoms with Gasteiger partial charge >= 0.3 is 12.3 Å². The van der Waals surface area contributed by atoms with Gasteiger partial charge in [-0.3, -0.25) is 9.69 Å². The molecule has 13 heteroatoms. The quantitative estimate of drug-likeness (QED) is 0.349. The Morgan fingerprint density at radius 3 is 2.06 bits per heavy atom. The summed E-state index contributed by atoms with van der Waals surface area (Å²) in [6.07, 6.45) is -7.14. The number of carbonyl (C=O) groups excluding carboxylic acids is 2. The monoisotopic (exact) mass is 588 g/mol. The lowest BCUT2D eigenvalue weighted by atomic mass is 9.83. The van der Waals surface area contributed by atoms with E-state index in [0.29, 0.717) is 5.56 Å². The number of halogens is 7. The molecule has 0 fully saturated rings. The van der Waals surface area contributed by atoms with Gasteiger partial charge in [0.1, 0.15) is 12.2 Å². The summed E-state index contributed by atoms with van der Waals surface area (Å²) >= 11 is 24.2. The van der Waals surface area contributed by atoms with E-state index in [2.05, 4.69) is 0 Å². The molecule has 0 saturated heterocycles. The van der Waals surface area contributed by atoms with E-state index in [1.807, 2.05) is 0 Å². The van der Waals surface area contributed by atoms with Crippen LogP contribution >= 0.6 is 46.4 Å². The molecule has 0 heterocycles. The zero-order chi connectivity index (χ0) is 27.3. The molecule has 0 aliphatic rings. The fraction of sp³-hybridized carbons (Fsp3) is 0.391. The second-order valence-electron chi connectivity index (χ2n) is 8.03. The van der Waals surface area contributed by atoms with Crippen LogP contribution in [0.3, 0.4) is 0 Å². The number of alkyl halides is 3. The average Bonchev–Trinajstić information content (AvgIpc) is 2.79. The highest BCUT2D eigenvalue weighted by Gasteiger charge is 2.43. The maximum atomic E-state index is 13.2. The van der Waals surface area contributed by atoms with Gasteiger partial charge < -0.3 is 14.7 Å². The van der Waals surface area contributed by atoms with E-state index >= 15 is 0 Å². The number of amides is 2. The standard InChI is InChI=1S/C23H23Cl4F3N2O4/c1-31(20(34)12-23(28,29)30)13-22(8-3-9-33,14-4-6-16(24)18(26)10-14)32(2)21(35)36-15-5-7-17(25)19(27)11-15/h4-7,10-11,33H,3,8-9,12-13H2,1-2H3/t22-/m1/s1. The number of rotatable bonds is 9. The van der Waals surface area contributed by atoms with E-state index < -0.39 is 30.1 Å². The van der Waals surface area contributed by atoms with Crippen molar-refractivity contribution in [2.45, 2.75) is 31.0 Å². The van der Waals surface area contributed by atoms with Gasteiger partial charge in [0.15, 0.2) is 0 Å². The largest absolute Gasteiger partial charge is 0.415 e. The van der Waals surface area contributed by atoms with E-state index in [0.717, 1.165) is 9.80 Å². The van der Waals surface area contributed by atoms with Crippen LogP contribution in [0.5, 0.6) is 5.75 Å². The number of aliphatic hydroxyl groups is 1. The molecule has 0 aliphatic heterocycles. The first-order valence-electron chi connectivity index (χ1n) is 10.5. The van der Waals surface area contributed by atoms with Crippen LogP contribution in [0.2, 0.25) is 20.1 Å². The molecule has 2 amide bonds. The van der Waals surface area contributed by atoms with Crippen LogP contribution in [0.15, 0.2) is 36.4 Å². The molecule has 2 aromatic carbocycles. The molecule has 1 N–H and O–H groups in total. The van der Waals surface area contributed by atoms with Gasteiger partial charge in [-0.1, -0.05) is 52.5 Å². The van der Waals surface area contributed by atoms with Gasteiger partial charge in [0.25, 0.3) is 0 Å². The molecule has 36 heavy (non-hydrogen) atoms. The van der Waals surface area contributed by atoms with Crippen molar-refractivity contribution in [3.05, 3.63) is 62.1 Å². The van der Waals surface area contributed by atoms with E-state index in [9.17, 15) is 27.9 Å². The first-order valence-corrected chi connectivity index (χ1v) is 12.0. The van der Waals surface area contributed by atoms with Crippen LogP contribution in [-0.2, 0) is 10.3 Å². The van der Waals surface area contributed by atoms with Gasteiger partial charge in [-0.2, -0.15) is 13.2 Å². The number of likely N-dealkylation sites (N-methyl/N-ethyl adjacent to an activating group) is 2. The molecular formula is C23H23Cl4F3N2O4. The Bertz CT molecular complexity index is 1100. The van der Waals surface area contributed by atoms with E-state index in [4.69, 9.17) is 51.1 Å². The number of carbonyl (C=O) groups is 2. The molecule has 0 aliphatic carbocycles. The van der Waals surface area contributed by atoms with Crippen LogP contribution in [0, 0.1) is 0 Å². The number of benzene rings is 2. The maximum Gasteiger partial charge on any atom is 0.415 e. The molecule has 6 nitrogen and oxygen atoms in total. The SMILES string of the molecule is CN(C[C@](CCCO)(c1ccc(Cl)c(Cl)c1)N(C)C(=O)Oc1ccc(Cl)c(Cl)c1)C(=O)CC(F)(F)F. The third-order valence-corrected chi connectivity index (χ3v) is 6.97. The zero-order valence-electron chi connectivity index (χ0n) is 19.2. The molecule has 1 atom stereocenters. The molecule has 198 valence electrons. The van der Waals surface area contributed by atoms with Crippen molar-refractivity contribution in [3.8, 4) is 5.75 Å². The molecule has 0 radical (unpaired) electrons. The lowest BCUT2D eigenvalue weighted by molar-refractivity contribution is -0.161. The lowest BCUT2D eigenvalue weighted by Gasteiger charge is -2.44. The molecule has 0 aromatic heterocycles. The topological polar surface area (TPSA) is 70.1 Å². The first kappa shape index (κ1) is 30.3. The van der Waals surface area contributed by atoms with Crippen molar-refractivity contribution >= 4 is 58.4 Å². The summed E-state index contributed by atoms with van der Waals surface area (Å²) in [5, 5.41) is 10.3. The van der Waals surface area contributed by atoms with Crippen LogP contribution < -0.4 is 4.74 Å². The minimum atomic E-state index is -4.72. The third-order valence-electron chi connectivity index (χ3n) is 5.49. The Balaban J connectivity index is 2.55. The maximum absolute atomic E-state index is 13.2. The molecule has 0 unspecified atom stereocenters. The van der Waals surface area contributed by atoms with Crippen molar-refractivity contribution < 1.29 is 32.6 Å². The molecule has 0 bridgehead atoms. The third kappa shape index (κ3) is 7.79. The van der Waals surface area contributed by atoms with Crippen LogP contribution in [0.1, 0.15) is 24.8 Å². The molecule has 2 rings (SSSR count). The summed E-state index contributed by atoms with van der Waals surface area (Å²) in [4.78, 5) is 27.6. The predicted molar refractivity (Wildman–Crippen MR) is 133 cm³/mol. The Morgan fingerprint density at radius 1 is 0.944 bits per heavy atom. The smallest absolute Gasteiger partial charge is 0.410 e. The van der Waals surface area contributed by atoms with Gasteiger partial charge in [0.2, 0.25) is 5.91 Å². The Labute approximate surface area is 226 Å². The second-order valence-corrected chi connectivity index (χ2v) is 9.66. The Morgan fingerprint density at radius 2 is 1.53 bits per heavy atom. The van der Waals surface area contributed by atoms with E-state index in [1.165, 1.54) is 50.5 Å². The molecule has 0 saturated carbocycles. The van der Waals surface area contributed by atoms with Crippen LogP contribution in [0.25, 0.3) is 0 Å². The fourth-order valence-corrected chi connectivity index (χ4v) is 4.20. The summed E-state index contributed by atoms with van der Waals surface area (Å²) in [6, 6.07) is 8.61. The first-order chi connectivity index (χ1) is 16.7. The Kier molecular flexibility index (Phi) is 10.6. The minimum absolute atomic E-state index is 0.0398. The highest BCUT2D eigenvalue weighted by atomic mass is 35.5. The average molecular weight is 590 g/mol. The van der Waals surface area contributed by atoms with Crippen molar-refractivity contribution in [2.24, 2.45) is 0 Å². The fourth-order valence-electron chi connectivity index (χ4n) is 3.61. The number of nitrogens with zero attached hydrogens (tertiary/aromatic N) is 2. The normalized spacial score (nSPS) is 13.2. The van der Waals surface area contributed by atoms with Crippen molar-refractivity contribution in [2.75, 3.05) is 27.2 Å². The number of aliphatic hydroxyl groups excluding tert-OH is 1. The van der Waals surface area contributed by atoms with Gasteiger partial charge in [-0.05, 0) is 42.7 Å². The summed E-state index contributed by atoms with van der Waals surface area (Å²) in [5.41, 5.74) is -1.09. The summed E-state index contributed by atoms with van der Waals surface area (Å²) in [6.45, 7) is -0.661. The van der Waals surface area contributed by atoms with Gasteiger partial charge in [-0.25, -0.2) is 4.79 Å². The van der Waals surface area contributed by atoms with Gasteiger partial charge in [0.05, 0.1) is 25.6 Å². The lowest BCUT2D eigenvalue weighted by Crippen LogP contribution is -2.55. The van der Waals surface area contributed by atoms with Crippen molar-refractivity contribution in [1.29, 1.82) is 0 Å².